The standard InChI is InChI=1S/C28H27FN6O2S/c1-3-23(36)35-14-28(15-35)8-10-34(13-28)26-20(11-30)24(19-5-4-6-21(29)25(19)37)18-7-9-33(12-22(18)32-26)27-17(2)31-16-38-27/h3-6,16,37H,1,7-10,12-15H2,2H3. The van der Waals surface area contributed by atoms with Gasteiger partial charge in [-0.05, 0) is 37.5 Å². The van der Waals surface area contributed by atoms with Gasteiger partial charge in [-0.15, -0.1) is 11.3 Å². The van der Waals surface area contributed by atoms with Crippen LogP contribution < -0.4 is 9.80 Å². The molecule has 38 heavy (non-hydrogen) atoms. The quantitative estimate of drug-likeness (QED) is 0.509. The van der Waals surface area contributed by atoms with Crippen LogP contribution in [0.25, 0.3) is 11.1 Å². The Morgan fingerprint density at radius 3 is 2.82 bits per heavy atom. The zero-order chi connectivity index (χ0) is 26.6. The number of pyridine rings is 1. The van der Waals surface area contributed by atoms with E-state index in [-0.39, 0.29) is 11.3 Å². The Kier molecular flexibility index (Phi) is 5.83. The van der Waals surface area contributed by atoms with Crippen molar-refractivity contribution in [2.45, 2.75) is 26.3 Å². The average Bonchev–Trinajstić information content (AvgIpc) is 3.54. The molecule has 2 fully saturated rings. The Morgan fingerprint density at radius 1 is 1.29 bits per heavy atom. The van der Waals surface area contributed by atoms with Gasteiger partial charge in [0.1, 0.15) is 22.5 Å². The van der Waals surface area contributed by atoms with E-state index in [1.165, 1.54) is 12.1 Å². The summed E-state index contributed by atoms with van der Waals surface area (Å²) in [6.07, 6.45) is 2.82. The molecule has 10 heteroatoms. The summed E-state index contributed by atoms with van der Waals surface area (Å²) in [4.78, 5) is 27.6. The molecule has 5 heterocycles. The van der Waals surface area contributed by atoms with E-state index in [1.807, 2.05) is 12.4 Å². The van der Waals surface area contributed by atoms with E-state index in [2.05, 4.69) is 27.4 Å². The predicted octanol–water partition coefficient (Wildman–Crippen LogP) is 4.02. The smallest absolute Gasteiger partial charge is 0.245 e. The number of benzene rings is 1. The van der Waals surface area contributed by atoms with Gasteiger partial charge in [-0.25, -0.2) is 14.4 Å². The fraction of sp³-hybridized carbons (Fsp3) is 0.357. The zero-order valence-electron chi connectivity index (χ0n) is 21.1. The van der Waals surface area contributed by atoms with Gasteiger partial charge in [0, 0.05) is 49.3 Å². The number of aromatic nitrogens is 2. The van der Waals surface area contributed by atoms with Crippen LogP contribution in [0.5, 0.6) is 5.75 Å². The van der Waals surface area contributed by atoms with E-state index < -0.39 is 11.6 Å². The SMILES string of the molecule is C=CC(=O)N1CC2(CCN(c3nc4c(c(-c5cccc(F)c5O)c3C#N)CCN(c3scnc3C)C4)C2)C1. The summed E-state index contributed by atoms with van der Waals surface area (Å²) >= 11 is 1.58. The number of amides is 1. The number of halogens is 1. The lowest BCUT2D eigenvalue weighted by molar-refractivity contribution is -0.136. The van der Waals surface area contributed by atoms with E-state index in [4.69, 9.17) is 4.98 Å². The van der Waals surface area contributed by atoms with Gasteiger partial charge < -0.3 is 19.8 Å². The number of phenolic OH excluding ortho intramolecular Hbond substituents is 1. The number of thiazole rings is 1. The van der Waals surface area contributed by atoms with Gasteiger partial charge in [-0.2, -0.15) is 5.26 Å². The molecule has 1 spiro atoms. The number of anilines is 2. The molecule has 2 saturated heterocycles. The van der Waals surface area contributed by atoms with Gasteiger partial charge in [0.25, 0.3) is 0 Å². The first kappa shape index (κ1) is 24.4. The molecule has 2 aromatic heterocycles. The molecular formula is C28H27FN6O2S. The molecule has 1 aromatic carbocycles. The third-order valence-electron chi connectivity index (χ3n) is 7.99. The van der Waals surface area contributed by atoms with Gasteiger partial charge >= 0.3 is 0 Å². The number of likely N-dealkylation sites (tertiary alicyclic amines) is 1. The average molecular weight is 531 g/mol. The summed E-state index contributed by atoms with van der Waals surface area (Å²) in [5.74, 6) is -0.698. The van der Waals surface area contributed by atoms with Crippen molar-refractivity contribution in [1.82, 2.24) is 14.9 Å². The molecule has 6 rings (SSSR count). The fourth-order valence-corrected chi connectivity index (χ4v) is 6.95. The highest BCUT2D eigenvalue weighted by Crippen LogP contribution is 2.46. The van der Waals surface area contributed by atoms with Crippen molar-refractivity contribution < 1.29 is 14.3 Å². The second-order valence-electron chi connectivity index (χ2n) is 10.3. The van der Waals surface area contributed by atoms with Crippen LogP contribution in [0.3, 0.4) is 0 Å². The molecule has 1 N–H and O–H groups in total. The Bertz CT molecular complexity index is 1510. The van der Waals surface area contributed by atoms with E-state index in [1.54, 1.807) is 28.4 Å². The highest BCUT2D eigenvalue weighted by atomic mass is 32.1. The molecule has 0 aliphatic carbocycles. The van der Waals surface area contributed by atoms with Gasteiger partial charge in [0.15, 0.2) is 11.6 Å². The number of para-hydroxylation sites is 1. The minimum absolute atomic E-state index is 0.0457. The van der Waals surface area contributed by atoms with Crippen molar-refractivity contribution in [3.05, 3.63) is 64.7 Å². The molecule has 3 aromatic rings. The molecule has 0 unspecified atom stereocenters. The molecule has 194 valence electrons. The largest absolute Gasteiger partial charge is 0.504 e. The summed E-state index contributed by atoms with van der Waals surface area (Å²) in [6, 6.07) is 6.77. The molecule has 0 bridgehead atoms. The second-order valence-corrected chi connectivity index (χ2v) is 11.2. The van der Waals surface area contributed by atoms with E-state index in [9.17, 15) is 19.6 Å². The summed E-state index contributed by atoms with van der Waals surface area (Å²) in [5.41, 5.74) is 5.64. The third kappa shape index (κ3) is 3.80. The molecule has 3 aliphatic heterocycles. The molecule has 0 saturated carbocycles. The van der Waals surface area contributed by atoms with E-state index in [0.29, 0.717) is 68.2 Å². The number of hydrogen-bond acceptors (Lipinski definition) is 8. The maximum atomic E-state index is 14.5. The molecule has 0 radical (unpaired) electrons. The van der Waals surface area contributed by atoms with E-state index >= 15 is 0 Å². The first-order chi connectivity index (χ1) is 18.3. The zero-order valence-corrected chi connectivity index (χ0v) is 21.9. The summed E-state index contributed by atoms with van der Waals surface area (Å²) in [6.45, 7) is 9.46. The van der Waals surface area contributed by atoms with Crippen LogP contribution in [-0.4, -0.2) is 58.6 Å². The van der Waals surface area contributed by atoms with Crippen LogP contribution in [0, 0.1) is 29.5 Å². The second kappa shape index (κ2) is 9.10. The first-order valence-corrected chi connectivity index (χ1v) is 13.5. The van der Waals surface area contributed by atoms with Crippen LogP contribution in [0.4, 0.5) is 15.2 Å². The highest BCUT2D eigenvalue weighted by Gasteiger charge is 2.49. The van der Waals surface area contributed by atoms with Gasteiger partial charge in [-0.3, -0.25) is 4.79 Å². The van der Waals surface area contributed by atoms with Crippen molar-refractivity contribution in [2.75, 3.05) is 42.5 Å². The summed E-state index contributed by atoms with van der Waals surface area (Å²) < 4.78 is 14.5. The lowest BCUT2D eigenvalue weighted by atomic mass is 9.79. The van der Waals surface area contributed by atoms with Crippen molar-refractivity contribution in [3.8, 4) is 22.9 Å². The van der Waals surface area contributed by atoms with Crippen LogP contribution in [0.1, 0.15) is 28.9 Å². The Hall–Kier alpha value is -3.97. The number of hydrogen-bond donors (Lipinski definition) is 1. The maximum Gasteiger partial charge on any atom is 0.245 e. The Balaban J connectivity index is 1.44. The van der Waals surface area contributed by atoms with Crippen molar-refractivity contribution >= 4 is 28.1 Å². The molecular weight excluding hydrogens is 503 g/mol. The maximum absolute atomic E-state index is 14.5. The lowest BCUT2D eigenvalue weighted by Crippen LogP contribution is -2.59. The number of phenols is 1. The van der Waals surface area contributed by atoms with Crippen LogP contribution in [0.2, 0.25) is 0 Å². The number of nitriles is 1. The summed E-state index contributed by atoms with van der Waals surface area (Å²) in [5, 5.41) is 22.2. The van der Waals surface area contributed by atoms with Crippen LogP contribution in [-0.2, 0) is 17.8 Å². The fourth-order valence-electron chi connectivity index (χ4n) is 6.11. The number of fused-ring (bicyclic) bond motifs is 1. The molecule has 1 amide bonds. The number of carbonyl (C=O) groups excluding carboxylic acids is 1. The first-order valence-electron chi connectivity index (χ1n) is 12.6. The van der Waals surface area contributed by atoms with E-state index in [0.717, 1.165) is 28.4 Å². The minimum Gasteiger partial charge on any atom is -0.504 e. The third-order valence-corrected chi connectivity index (χ3v) is 8.98. The number of carbonyl (C=O) groups is 1. The van der Waals surface area contributed by atoms with Gasteiger partial charge in [-0.1, -0.05) is 18.7 Å². The highest BCUT2D eigenvalue weighted by molar-refractivity contribution is 7.14. The van der Waals surface area contributed by atoms with Crippen molar-refractivity contribution in [2.24, 2.45) is 5.41 Å². The molecule has 3 aliphatic rings. The van der Waals surface area contributed by atoms with Gasteiger partial charge in [0.2, 0.25) is 5.91 Å². The lowest BCUT2D eigenvalue weighted by Gasteiger charge is -2.47. The van der Waals surface area contributed by atoms with Gasteiger partial charge in [0.05, 0.1) is 23.4 Å². The molecule has 0 atom stereocenters. The number of nitrogens with zero attached hydrogens (tertiary/aromatic N) is 6. The van der Waals surface area contributed by atoms with Crippen molar-refractivity contribution in [3.63, 3.8) is 0 Å². The van der Waals surface area contributed by atoms with Crippen molar-refractivity contribution in [1.29, 1.82) is 5.26 Å². The minimum atomic E-state index is -0.724. The number of aryl methyl sites for hydroxylation is 1. The predicted molar refractivity (Wildman–Crippen MR) is 144 cm³/mol. The Morgan fingerprint density at radius 2 is 2.11 bits per heavy atom. The topological polar surface area (TPSA) is 96.6 Å². The van der Waals surface area contributed by atoms with Crippen LogP contribution >= 0.6 is 11.3 Å². The Labute approximate surface area is 224 Å². The number of aromatic hydroxyl groups is 1. The monoisotopic (exact) mass is 530 g/mol. The molecule has 8 nitrogen and oxygen atoms in total. The normalized spacial score (nSPS) is 17.8. The van der Waals surface area contributed by atoms with Crippen LogP contribution in [0.15, 0.2) is 36.4 Å². The summed E-state index contributed by atoms with van der Waals surface area (Å²) in [7, 11) is 0. The number of rotatable bonds is 4.